The smallest absolute Gasteiger partial charge is 0.0697 e. The summed E-state index contributed by atoms with van der Waals surface area (Å²) in [5.74, 6) is 0.773. The van der Waals surface area contributed by atoms with Crippen molar-refractivity contribution in [1.29, 1.82) is 5.26 Å². The van der Waals surface area contributed by atoms with Gasteiger partial charge in [-0.2, -0.15) is 5.26 Å². The van der Waals surface area contributed by atoms with E-state index < -0.39 is 0 Å². The number of rotatable bonds is 4. The largest absolute Gasteiger partial charge is 0.315 e. The molecule has 0 amide bonds. The molecule has 3 nitrogen and oxygen atoms in total. The first kappa shape index (κ1) is 11.5. The van der Waals surface area contributed by atoms with Crippen molar-refractivity contribution in [3.8, 4) is 6.07 Å². The average Bonchev–Trinajstić information content (AvgIpc) is 2.51. The highest BCUT2D eigenvalue weighted by Crippen LogP contribution is 2.14. The molecule has 0 radical (unpaired) electrons. The first-order chi connectivity index (χ1) is 6.53. The average molecular weight is 195 g/mol. The molecule has 1 atom stereocenters. The Labute approximate surface area is 87.1 Å². The number of hydrogen-bond acceptors (Lipinski definition) is 3. The van der Waals surface area contributed by atoms with Gasteiger partial charge in [0, 0.05) is 13.1 Å². The molecule has 1 unspecified atom stereocenters. The second-order valence-corrected chi connectivity index (χ2v) is 5.04. The van der Waals surface area contributed by atoms with Gasteiger partial charge in [-0.05, 0) is 46.3 Å². The van der Waals surface area contributed by atoms with E-state index in [1.165, 1.54) is 19.5 Å². The number of nitrogens with one attached hydrogen (secondary N) is 1. The van der Waals surface area contributed by atoms with Gasteiger partial charge in [0.2, 0.25) is 0 Å². The first-order valence-corrected chi connectivity index (χ1v) is 5.34. The van der Waals surface area contributed by atoms with Gasteiger partial charge in [0.1, 0.15) is 0 Å². The Kier molecular flexibility index (Phi) is 3.91. The predicted octanol–water partition coefficient (Wildman–Crippen LogP) is 1.08. The minimum Gasteiger partial charge on any atom is -0.315 e. The molecule has 1 aliphatic rings. The van der Waals surface area contributed by atoms with Crippen LogP contribution in [0.4, 0.5) is 0 Å². The highest BCUT2D eigenvalue weighted by Gasteiger charge is 2.21. The van der Waals surface area contributed by atoms with E-state index in [-0.39, 0.29) is 5.41 Å². The van der Waals surface area contributed by atoms with E-state index in [1.807, 2.05) is 13.8 Å². The second-order valence-electron chi connectivity index (χ2n) is 5.04. The van der Waals surface area contributed by atoms with Crippen LogP contribution < -0.4 is 5.32 Å². The molecule has 0 aromatic heterocycles. The zero-order valence-corrected chi connectivity index (χ0v) is 9.51. The monoisotopic (exact) mass is 195 g/mol. The van der Waals surface area contributed by atoms with Gasteiger partial charge >= 0.3 is 0 Å². The molecular formula is C11H21N3. The highest BCUT2D eigenvalue weighted by molar-refractivity contribution is 4.93. The summed E-state index contributed by atoms with van der Waals surface area (Å²) in [6, 6.07) is 2.30. The van der Waals surface area contributed by atoms with E-state index in [4.69, 9.17) is 5.26 Å². The van der Waals surface area contributed by atoms with Crippen molar-refractivity contribution in [2.45, 2.75) is 20.3 Å². The van der Waals surface area contributed by atoms with Crippen molar-refractivity contribution in [1.82, 2.24) is 10.2 Å². The molecule has 1 rings (SSSR count). The SMILES string of the molecule is CN1CCC(CNCC(C)(C)C#N)C1. The van der Waals surface area contributed by atoms with Gasteiger partial charge in [-0.3, -0.25) is 0 Å². The minimum atomic E-state index is -0.232. The third kappa shape index (κ3) is 3.65. The number of nitrogens with zero attached hydrogens (tertiary/aromatic N) is 2. The quantitative estimate of drug-likeness (QED) is 0.729. The van der Waals surface area contributed by atoms with Crippen LogP contribution in [0.1, 0.15) is 20.3 Å². The van der Waals surface area contributed by atoms with Crippen LogP contribution in [0.5, 0.6) is 0 Å². The van der Waals surface area contributed by atoms with Crippen molar-refractivity contribution in [3.63, 3.8) is 0 Å². The van der Waals surface area contributed by atoms with Gasteiger partial charge in [0.05, 0.1) is 11.5 Å². The van der Waals surface area contributed by atoms with Crippen molar-refractivity contribution in [2.24, 2.45) is 11.3 Å². The van der Waals surface area contributed by atoms with Crippen molar-refractivity contribution >= 4 is 0 Å². The maximum absolute atomic E-state index is 8.83. The van der Waals surface area contributed by atoms with E-state index in [0.717, 1.165) is 19.0 Å². The lowest BCUT2D eigenvalue weighted by Crippen LogP contribution is -2.32. The maximum atomic E-state index is 8.83. The van der Waals surface area contributed by atoms with Crippen LogP contribution in [-0.4, -0.2) is 38.1 Å². The summed E-state index contributed by atoms with van der Waals surface area (Å²) in [6.07, 6.45) is 1.29. The Balaban J connectivity index is 2.13. The zero-order chi connectivity index (χ0) is 10.6. The van der Waals surface area contributed by atoms with Crippen LogP contribution in [-0.2, 0) is 0 Å². The molecular weight excluding hydrogens is 174 g/mol. The molecule has 1 fully saturated rings. The Morgan fingerprint density at radius 3 is 2.79 bits per heavy atom. The molecule has 0 saturated carbocycles. The Hall–Kier alpha value is -0.590. The first-order valence-electron chi connectivity index (χ1n) is 5.34. The molecule has 1 saturated heterocycles. The van der Waals surface area contributed by atoms with Gasteiger partial charge in [-0.15, -0.1) is 0 Å². The van der Waals surface area contributed by atoms with Gasteiger partial charge in [0.15, 0.2) is 0 Å². The van der Waals surface area contributed by atoms with Crippen LogP contribution >= 0.6 is 0 Å². The molecule has 0 aliphatic carbocycles. The van der Waals surface area contributed by atoms with Crippen LogP contribution in [0, 0.1) is 22.7 Å². The third-order valence-corrected chi connectivity index (χ3v) is 2.79. The van der Waals surface area contributed by atoms with E-state index in [2.05, 4.69) is 23.3 Å². The molecule has 0 aromatic rings. The molecule has 0 bridgehead atoms. The van der Waals surface area contributed by atoms with Gasteiger partial charge in [0.25, 0.3) is 0 Å². The lowest BCUT2D eigenvalue weighted by Gasteiger charge is -2.18. The summed E-state index contributed by atoms with van der Waals surface area (Å²) in [6.45, 7) is 8.20. The molecule has 80 valence electrons. The molecule has 1 aliphatic heterocycles. The summed E-state index contributed by atoms with van der Waals surface area (Å²) in [4.78, 5) is 2.36. The molecule has 0 aromatic carbocycles. The Bertz CT molecular complexity index is 217. The van der Waals surface area contributed by atoms with Crippen LogP contribution in [0.2, 0.25) is 0 Å². The summed E-state index contributed by atoms with van der Waals surface area (Å²) < 4.78 is 0. The maximum Gasteiger partial charge on any atom is 0.0697 e. The van der Waals surface area contributed by atoms with E-state index in [1.54, 1.807) is 0 Å². The standard InChI is InChI=1S/C11H21N3/c1-11(2,8-12)9-13-6-10-4-5-14(3)7-10/h10,13H,4-7,9H2,1-3H3. The summed E-state index contributed by atoms with van der Waals surface area (Å²) in [5, 5.41) is 12.2. The van der Waals surface area contributed by atoms with Crippen molar-refractivity contribution in [2.75, 3.05) is 33.2 Å². The van der Waals surface area contributed by atoms with Crippen LogP contribution in [0.25, 0.3) is 0 Å². The third-order valence-electron chi connectivity index (χ3n) is 2.79. The minimum absolute atomic E-state index is 0.232. The molecule has 14 heavy (non-hydrogen) atoms. The Morgan fingerprint density at radius 1 is 1.57 bits per heavy atom. The molecule has 1 N–H and O–H groups in total. The lowest BCUT2D eigenvalue weighted by atomic mass is 9.96. The summed E-state index contributed by atoms with van der Waals surface area (Å²) in [7, 11) is 2.17. The van der Waals surface area contributed by atoms with Crippen molar-refractivity contribution < 1.29 is 0 Å². The number of hydrogen-bond donors (Lipinski definition) is 1. The van der Waals surface area contributed by atoms with E-state index in [0.29, 0.717) is 0 Å². The van der Waals surface area contributed by atoms with E-state index in [9.17, 15) is 0 Å². The van der Waals surface area contributed by atoms with Gasteiger partial charge in [-0.25, -0.2) is 0 Å². The van der Waals surface area contributed by atoms with Crippen molar-refractivity contribution in [3.05, 3.63) is 0 Å². The fraction of sp³-hybridized carbons (Fsp3) is 0.909. The molecule has 0 spiro atoms. The fourth-order valence-electron chi connectivity index (χ4n) is 1.82. The normalized spacial score (nSPS) is 23.7. The van der Waals surface area contributed by atoms with Gasteiger partial charge < -0.3 is 10.2 Å². The highest BCUT2D eigenvalue weighted by atomic mass is 15.1. The van der Waals surface area contributed by atoms with Crippen LogP contribution in [0.3, 0.4) is 0 Å². The lowest BCUT2D eigenvalue weighted by molar-refractivity contribution is 0.373. The molecule has 3 heteroatoms. The molecule has 1 heterocycles. The fourth-order valence-corrected chi connectivity index (χ4v) is 1.82. The Morgan fingerprint density at radius 2 is 2.29 bits per heavy atom. The number of likely N-dealkylation sites (tertiary alicyclic amines) is 1. The summed E-state index contributed by atoms with van der Waals surface area (Å²) >= 11 is 0. The van der Waals surface area contributed by atoms with E-state index >= 15 is 0 Å². The topological polar surface area (TPSA) is 39.1 Å². The van der Waals surface area contributed by atoms with Crippen LogP contribution in [0.15, 0.2) is 0 Å². The zero-order valence-electron chi connectivity index (χ0n) is 9.51. The number of nitriles is 1. The summed E-state index contributed by atoms with van der Waals surface area (Å²) in [5.41, 5.74) is -0.232. The predicted molar refractivity (Wildman–Crippen MR) is 57.9 cm³/mol. The van der Waals surface area contributed by atoms with Gasteiger partial charge in [-0.1, -0.05) is 0 Å². The second kappa shape index (κ2) is 4.77.